The number of pyridine rings is 2. The molecule has 170 valence electrons. The Balaban J connectivity index is 1.48. The van der Waals surface area contributed by atoms with Gasteiger partial charge in [-0.3, -0.25) is 9.78 Å². The van der Waals surface area contributed by atoms with E-state index in [2.05, 4.69) is 22.0 Å². The predicted octanol–water partition coefficient (Wildman–Crippen LogP) is 3.69. The molecule has 2 aliphatic rings. The number of anilines is 1. The summed E-state index contributed by atoms with van der Waals surface area (Å²) in [6.45, 7) is 4.81. The Morgan fingerprint density at radius 1 is 1.15 bits per heavy atom. The number of morpholine rings is 1. The maximum Gasteiger partial charge on any atom is 0.251 e. The number of hydrogen-bond donors (Lipinski definition) is 1. The number of halogens is 1. The van der Waals surface area contributed by atoms with Crippen LogP contribution in [0.3, 0.4) is 0 Å². The minimum atomic E-state index is -0.765. The molecule has 2 unspecified atom stereocenters. The number of fused-ring (bicyclic) bond motifs is 1. The largest absolute Gasteiger partial charge is 0.391 e. The molecule has 1 aromatic carbocycles. The molecule has 1 aliphatic carbocycles. The highest BCUT2D eigenvalue weighted by atomic mass is 35.5. The van der Waals surface area contributed by atoms with Gasteiger partial charge in [-0.1, -0.05) is 29.8 Å². The quantitative estimate of drug-likeness (QED) is 0.625. The van der Waals surface area contributed by atoms with Gasteiger partial charge in [0.25, 0.3) is 5.56 Å². The van der Waals surface area contributed by atoms with Gasteiger partial charge in [-0.05, 0) is 47.9 Å². The average Bonchev–Trinajstić information content (AvgIpc) is 3.24. The van der Waals surface area contributed by atoms with E-state index in [4.69, 9.17) is 16.3 Å². The third-order valence-electron chi connectivity index (χ3n) is 6.33. The molecule has 2 aromatic heterocycles. The van der Waals surface area contributed by atoms with Gasteiger partial charge in [-0.15, -0.1) is 0 Å². The van der Waals surface area contributed by atoms with Crippen molar-refractivity contribution in [2.45, 2.75) is 25.5 Å². The van der Waals surface area contributed by atoms with E-state index in [0.29, 0.717) is 5.02 Å². The highest BCUT2D eigenvalue weighted by Gasteiger charge is 2.23. The van der Waals surface area contributed by atoms with E-state index in [9.17, 15) is 9.90 Å². The number of allylic oxidation sites excluding steroid dienone is 1. The Labute approximate surface area is 197 Å². The monoisotopic (exact) mass is 463 g/mol. The van der Waals surface area contributed by atoms with Gasteiger partial charge in [0, 0.05) is 42.4 Å². The fourth-order valence-corrected chi connectivity index (χ4v) is 4.90. The zero-order valence-electron chi connectivity index (χ0n) is 18.4. The normalized spacial score (nSPS) is 17.4. The van der Waals surface area contributed by atoms with E-state index in [1.807, 2.05) is 24.4 Å². The van der Waals surface area contributed by atoms with Crippen LogP contribution in [0.1, 0.15) is 35.3 Å². The van der Waals surface area contributed by atoms with Crippen LogP contribution in [0.2, 0.25) is 5.02 Å². The Morgan fingerprint density at radius 2 is 1.97 bits per heavy atom. The van der Waals surface area contributed by atoms with E-state index < -0.39 is 12.1 Å². The lowest BCUT2D eigenvalue weighted by molar-refractivity contribution is 0.122. The van der Waals surface area contributed by atoms with E-state index in [-0.39, 0.29) is 5.56 Å². The van der Waals surface area contributed by atoms with Crippen molar-refractivity contribution >= 4 is 22.9 Å². The number of nitrogens with zero attached hydrogens (tertiary/aromatic N) is 3. The summed E-state index contributed by atoms with van der Waals surface area (Å²) in [7, 11) is 0. The smallest absolute Gasteiger partial charge is 0.251 e. The van der Waals surface area contributed by atoms with Crippen molar-refractivity contribution in [2.24, 2.45) is 0 Å². The predicted molar refractivity (Wildman–Crippen MR) is 130 cm³/mol. The van der Waals surface area contributed by atoms with E-state index >= 15 is 0 Å². The van der Waals surface area contributed by atoms with Gasteiger partial charge in [0.05, 0.1) is 42.9 Å². The Hall–Kier alpha value is -2.93. The summed E-state index contributed by atoms with van der Waals surface area (Å²) in [5.74, 6) is 0. The van der Waals surface area contributed by atoms with Crippen LogP contribution >= 0.6 is 11.6 Å². The zero-order valence-corrected chi connectivity index (χ0v) is 19.2. The molecule has 1 saturated heterocycles. The maximum absolute atomic E-state index is 13.2. The number of hydrogen-bond acceptors (Lipinski definition) is 5. The highest BCUT2D eigenvalue weighted by molar-refractivity contribution is 6.30. The fourth-order valence-electron chi connectivity index (χ4n) is 4.70. The summed E-state index contributed by atoms with van der Waals surface area (Å²) < 4.78 is 7.04. The van der Waals surface area contributed by atoms with Gasteiger partial charge in [-0.2, -0.15) is 0 Å². The second kappa shape index (κ2) is 9.14. The van der Waals surface area contributed by atoms with Crippen molar-refractivity contribution in [2.75, 3.05) is 31.2 Å². The summed E-state index contributed by atoms with van der Waals surface area (Å²) in [6, 6.07) is 12.5. The molecule has 1 fully saturated rings. The molecule has 0 saturated carbocycles. The van der Waals surface area contributed by atoms with Gasteiger partial charge in [0.15, 0.2) is 0 Å². The molecule has 5 rings (SSSR count). The van der Waals surface area contributed by atoms with Crippen molar-refractivity contribution in [1.29, 1.82) is 0 Å². The van der Waals surface area contributed by atoms with E-state index in [1.54, 1.807) is 35.9 Å². The SMILES string of the molecule is CC(O)C(c1cccc(Cl)c1)n1ccc(C2=CCc3ncc(N4CCOCC4)cc32)cc1=O. The minimum Gasteiger partial charge on any atom is -0.391 e. The van der Waals surface area contributed by atoms with Gasteiger partial charge >= 0.3 is 0 Å². The first-order chi connectivity index (χ1) is 16.0. The first-order valence-corrected chi connectivity index (χ1v) is 11.6. The Kier molecular flexibility index (Phi) is 6.06. The lowest BCUT2D eigenvalue weighted by Gasteiger charge is -2.29. The molecular formula is C26H26ClN3O3. The molecule has 0 radical (unpaired) electrons. The second-order valence-electron chi connectivity index (χ2n) is 8.51. The van der Waals surface area contributed by atoms with Crippen LogP contribution < -0.4 is 10.5 Å². The molecule has 3 aromatic rings. The summed E-state index contributed by atoms with van der Waals surface area (Å²) in [5, 5.41) is 11.0. The molecule has 33 heavy (non-hydrogen) atoms. The summed E-state index contributed by atoms with van der Waals surface area (Å²) in [6.07, 6.45) is 5.79. The molecule has 1 aliphatic heterocycles. The number of ether oxygens (including phenoxy) is 1. The van der Waals surface area contributed by atoms with Crippen LogP contribution in [0.4, 0.5) is 5.69 Å². The molecule has 0 amide bonds. The third-order valence-corrected chi connectivity index (χ3v) is 6.56. The second-order valence-corrected chi connectivity index (χ2v) is 8.95. The molecule has 6 nitrogen and oxygen atoms in total. The number of rotatable bonds is 5. The first-order valence-electron chi connectivity index (χ1n) is 11.2. The number of benzene rings is 1. The third kappa shape index (κ3) is 4.34. The number of aliphatic hydroxyl groups excluding tert-OH is 1. The summed E-state index contributed by atoms with van der Waals surface area (Å²) in [4.78, 5) is 20.1. The Morgan fingerprint density at radius 3 is 2.70 bits per heavy atom. The highest BCUT2D eigenvalue weighted by Crippen LogP contribution is 2.34. The molecule has 1 N–H and O–H groups in total. The van der Waals surface area contributed by atoms with Gasteiger partial charge in [0.1, 0.15) is 0 Å². The van der Waals surface area contributed by atoms with E-state index in [0.717, 1.165) is 66.4 Å². The van der Waals surface area contributed by atoms with Crippen molar-refractivity contribution in [3.63, 3.8) is 0 Å². The topological polar surface area (TPSA) is 67.6 Å². The molecular weight excluding hydrogens is 438 g/mol. The van der Waals surface area contributed by atoms with Crippen LogP contribution in [-0.2, 0) is 11.2 Å². The van der Waals surface area contributed by atoms with Crippen LogP contribution in [-0.4, -0.2) is 47.1 Å². The lowest BCUT2D eigenvalue weighted by Crippen LogP contribution is -2.36. The van der Waals surface area contributed by atoms with E-state index in [1.165, 1.54) is 0 Å². The van der Waals surface area contributed by atoms with Gasteiger partial charge < -0.3 is 19.3 Å². The Bertz CT molecular complexity index is 1260. The molecule has 0 bridgehead atoms. The molecule has 2 atom stereocenters. The zero-order chi connectivity index (χ0) is 22.9. The summed E-state index contributed by atoms with van der Waals surface area (Å²) in [5.41, 5.74) is 5.65. The molecule has 0 spiro atoms. The van der Waals surface area contributed by atoms with Crippen LogP contribution in [0.5, 0.6) is 0 Å². The van der Waals surface area contributed by atoms with Crippen LogP contribution in [0.15, 0.2) is 65.7 Å². The summed E-state index contributed by atoms with van der Waals surface area (Å²) >= 11 is 6.16. The number of aromatic nitrogens is 2. The van der Waals surface area contributed by atoms with Crippen molar-refractivity contribution in [1.82, 2.24) is 9.55 Å². The molecule has 3 heterocycles. The molecule has 7 heteroatoms. The van der Waals surface area contributed by atoms with Gasteiger partial charge in [0.2, 0.25) is 0 Å². The van der Waals surface area contributed by atoms with Crippen molar-refractivity contribution < 1.29 is 9.84 Å². The average molecular weight is 464 g/mol. The number of aliphatic hydroxyl groups is 1. The first kappa shape index (κ1) is 21.9. The van der Waals surface area contributed by atoms with Crippen LogP contribution in [0, 0.1) is 0 Å². The fraction of sp³-hybridized carbons (Fsp3) is 0.308. The van der Waals surface area contributed by atoms with Gasteiger partial charge in [-0.25, -0.2) is 0 Å². The lowest BCUT2D eigenvalue weighted by atomic mass is 9.99. The maximum atomic E-state index is 13.2. The van der Waals surface area contributed by atoms with Crippen molar-refractivity contribution in [3.05, 3.63) is 98.7 Å². The minimum absolute atomic E-state index is 0.176. The van der Waals surface area contributed by atoms with Crippen LogP contribution in [0.25, 0.3) is 5.57 Å². The standard InChI is InChI=1S/C26H26ClN3O3/c1-17(31)26(19-3-2-4-20(27)13-19)30-8-7-18(14-25(30)32)22-5-6-24-23(22)15-21(16-28-24)29-9-11-33-12-10-29/h2-5,7-8,13-17,26,31H,6,9-12H2,1H3. The van der Waals surface area contributed by atoms with Crippen molar-refractivity contribution in [3.8, 4) is 0 Å².